The summed E-state index contributed by atoms with van der Waals surface area (Å²) in [4.78, 5) is 30.4. The molecule has 0 saturated carbocycles. The first kappa shape index (κ1) is 25.1. The van der Waals surface area contributed by atoms with Crippen LogP contribution in [-0.2, 0) is 25.9 Å². The van der Waals surface area contributed by atoms with E-state index in [1.807, 2.05) is 6.07 Å². The van der Waals surface area contributed by atoms with Crippen LogP contribution in [0.15, 0.2) is 76.5 Å². The summed E-state index contributed by atoms with van der Waals surface area (Å²) < 4.78 is 39.0. The lowest BCUT2D eigenvalue weighted by Crippen LogP contribution is -2.47. The molecule has 3 aromatic rings. The highest BCUT2D eigenvalue weighted by Gasteiger charge is 2.41. The van der Waals surface area contributed by atoms with Crippen molar-refractivity contribution >= 4 is 38.9 Å². The van der Waals surface area contributed by atoms with Crippen molar-refractivity contribution in [1.29, 1.82) is 0 Å². The number of nitrogens with zero attached hydrogens (tertiary/aromatic N) is 2. The van der Waals surface area contributed by atoms with E-state index in [1.54, 1.807) is 35.2 Å². The molecule has 0 bridgehead atoms. The molecular formula is C28H25ClN2O6S. The number of sulfone groups is 1. The van der Waals surface area contributed by atoms with Crippen LogP contribution < -0.4 is 4.90 Å². The topological polar surface area (TPSA) is 93.2 Å². The van der Waals surface area contributed by atoms with Gasteiger partial charge in [-0.05, 0) is 48.0 Å². The van der Waals surface area contributed by atoms with Gasteiger partial charge in [-0.2, -0.15) is 0 Å². The quantitative estimate of drug-likeness (QED) is 0.481. The van der Waals surface area contributed by atoms with Gasteiger partial charge < -0.3 is 19.3 Å². The SMILES string of the molecule is O=C(c1ccc2c(c1)N(Cc1cccc(Cl)c1)C(=O)c1ccccc1S2(=O)=O)N1CCC2(CC1)OCCO2. The highest BCUT2D eigenvalue weighted by atomic mass is 35.5. The zero-order valence-corrected chi connectivity index (χ0v) is 22.0. The number of hydrogen-bond donors (Lipinski definition) is 0. The molecule has 0 aliphatic carbocycles. The maximum absolute atomic E-state index is 13.8. The van der Waals surface area contributed by atoms with Gasteiger partial charge in [-0.15, -0.1) is 0 Å². The largest absolute Gasteiger partial charge is 0.347 e. The third kappa shape index (κ3) is 4.29. The zero-order valence-electron chi connectivity index (χ0n) is 20.4. The monoisotopic (exact) mass is 552 g/mol. The van der Waals surface area contributed by atoms with Crippen LogP contribution in [0.3, 0.4) is 0 Å². The van der Waals surface area contributed by atoms with Gasteiger partial charge in [-0.25, -0.2) is 8.42 Å². The van der Waals surface area contributed by atoms with E-state index in [0.717, 1.165) is 5.56 Å². The number of carbonyl (C=O) groups is 2. The number of carbonyl (C=O) groups excluding carboxylic acids is 2. The van der Waals surface area contributed by atoms with Crippen molar-refractivity contribution in [3.63, 3.8) is 0 Å². The van der Waals surface area contributed by atoms with Gasteiger partial charge in [-0.3, -0.25) is 9.59 Å². The van der Waals surface area contributed by atoms with E-state index in [0.29, 0.717) is 49.7 Å². The van der Waals surface area contributed by atoms with Crippen LogP contribution in [0.25, 0.3) is 0 Å². The van der Waals surface area contributed by atoms with Crippen molar-refractivity contribution in [2.75, 3.05) is 31.2 Å². The Hall–Kier alpha value is -3.24. The summed E-state index contributed by atoms with van der Waals surface area (Å²) >= 11 is 6.19. The standard InChI is InChI=1S/C28H25ClN2O6S/c29-21-5-3-4-19(16-21)18-31-23-17-20(26(32)30-12-10-28(11-13-30)36-14-15-37-28)8-9-25(23)38(34,35)24-7-2-1-6-22(24)27(31)33/h1-9,16-17H,10-15,18H2. The molecule has 2 saturated heterocycles. The number of fused-ring (bicyclic) bond motifs is 2. The van der Waals surface area contributed by atoms with Crippen LogP contribution in [0, 0.1) is 0 Å². The Morgan fingerprint density at radius 3 is 2.39 bits per heavy atom. The molecule has 3 aliphatic rings. The van der Waals surface area contributed by atoms with Gasteiger partial charge in [-0.1, -0.05) is 35.9 Å². The lowest BCUT2D eigenvalue weighted by atomic mass is 10.0. The van der Waals surface area contributed by atoms with Gasteiger partial charge in [0.2, 0.25) is 9.84 Å². The first-order valence-corrected chi connectivity index (χ1v) is 14.3. The number of rotatable bonds is 3. The highest BCUT2D eigenvalue weighted by molar-refractivity contribution is 7.91. The van der Waals surface area contributed by atoms with Gasteiger partial charge in [0.15, 0.2) is 5.79 Å². The zero-order chi connectivity index (χ0) is 26.5. The second kappa shape index (κ2) is 9.50. The van der Waals surface area contributed by atoms with E-state index in [4.69, 9.17) is 21.1 Å². The fraction of sp³-hybridized carbons (Fsp3) is 0.286. The Bertz CT molecular complexity index is 1540. The molecule has 0 atom stereocenters. The van der Waals surface area contributed by atoms with E-state index >= 15 is 0 Å². The fourth-order valence-corrected chi connectivity index (χ4v) is 7.18. The third-order valence-electron chi connectivity index (χ3n) is 7.29. The van der Waals surface area contributed by atoms with Gasteiger partial charge in [0.25, 0.3) is 11.8 Å². The lowest BCUT2D eigenvalue weighted by molar-refractivity contribution is -0.181. The van der Waals surface area contributed by atoms with E-state index in [1.165, 1.54) is 35.2 Å². The number of ether oxygens (including phenoxy) is 2. The summed E-state index contributed by atoms with van der Waals surface area (Å²) in [6, 6.07) is 17.7. The molecule has 2 amide bonds. The Morgan fingerprint density at radius 2 is 1.66 bits per heavy atom. The van der Waals surface area contributed by atoms with Crippen molar-refractivity contribution in [2.45, 2.75) is 35.0 Å². The first-order chi connectivity index (χ1) is 18.3. The second-order valence-corrected chi connectivity index (χ2v) is 11.9. The molecule has 3 heterocycles. The smallest absolute Gasteiger partial charge is 0.259 e. The van der Waals surface area contributed by atoms with Gasteiger partial charge in [0.1, 0.15) is 0 Å². The molecular weight excluding hydrogens is 528 g/mol. The van der Waals surface area contributed by atoms with Crippen LogP contribution in [-0.4, -0.2) is 57.2 Å². The van der Waals surface area contributed by atoms with Crippen LogP contribution >= 0.6 is 11.6 Å². The van der Waals surface area contributed by atoms with Crippen LogP contribution in [0.4, 0.5) is 5.69 Å². The van der Waals surface area contributed by atoms with Crippen molar-refractivity contribution in [1.82, 2.24) is 4.90 Å². The number of hydrogen-bond acceptors (Lipinski definition) is 6. The number of likely N-dealkylation sites (tertiary alicyclic amines) is 1. The molecule has 3 aliphatic heterocycles. The van der Waals surface area contributed by atoms with E-state index < -0.39 is 21.5 Å². The van der Waals surface area contributed by atoms with E-state index in [2.05, 4.69) is 0 Å². The molecule has 3 aromatic carbocycles. The predicted molar refractivity (Wildman–Crippen MR) is 140 cm³/mol. The third-order valence-corrected chi connectivity index (χ3v) is 9.39. The number of piperidine rings is 1. The molecule has 10 heteroatoms. The molecule has 6 rings (SSSR count). The van der Waals surface area contributed by atoms with Crippen molar-refractivity contribution in [2.24, 2.45) is 0 Å². The van der Waals surface area contributed by atoms with E-state index in [-0.39, 0.29) is 33.5 Å². The summed E-state index contributed by atoms with van der Waals surface area (Å²) in [6.45, 7) is 2.07. The number of amides is 2. The molecule has 38 heavy (non-hydrogen) atoms. The fourth-order valence-electron chi connectivity index (χ4n) is 5.33. The first-order valence-electron chi connectivity index (χ1n) is 12.4. The molecule has 2 fully saturated rings. The maximum atomic E-state index is 13.8. The Balaban J connectivity index is 1.41. The summed E-state index contributed by atoms with van der Waals surface area (Å²) in [7, 11) is -4.03. The second-order valence-electron chi connectivity index (χ2n) is 9.60. The minimum Gasteiger partial charge on any atom is -0.347 e. The van der Waals surface area contributed by atoms with Crippen molar-refractivity contribution in [3.05, 3.63) is 88.4 Å². The Labute approximate surface area is 225 Å². The van der Waals surface area contributed by atoms with Gasteiger partial charge in [0, 0.05) is 36.5 Å². The normalized spacial score (nSPS) is 19.7. The molecule has 0 unspecified atom stereocenters. The Kier molecular flexibility index (Phi) is 6.26. The minimum atomic E-state index is -4.03. The number of anilines is 1. The molecule has 8 nitrogen and oxygen atoms in total. The number of halogens is 1. The van der Waals surface area contributed by atoms with Crippen LogP contribution in [0.2, 0.25) is 5.02 Å². The van der Waals surface area contributed by atoms with Crippen molar-refractivity contribution in [3.8, 4) is 0 Å². The number of benzene rings is 3. The molecule has 196 valence electrons. The van der Waals surface area contributed by atoms with Crippen molar-refractivity contribution < 1.29 is 27.5 Å². The Morgan fingerprint density at radius 1 is 0.921 bits per heavy atom. The summed E-state index contributed by atoms with van der Waals surface area (Å²) in [5.41, 5.74) is 1.27. The highest BCUT2D eigenvalue weighted by Crippen LogP contribution is 2.39. The summed E-state index contributed by atoms with van der Waals surface area (Å²) in [5, 5.41) is 0.500. The van der Waals surface area contributed by atoms with Crippen LogP contribution in [0.5, 0.6) is 0 Å². The molecule has 0 radical (unpaired) electrons. The van der Waals surface area contributed by atoms with Gasteiger partial charge >= 0.3 is 0 Å². The van der Waals surface area contributed by atoms with Gasteiger partial charge in [0.05, 0.1) is 40.8 Å². The predicted octanol–water partition coefficient (Wildman–Crippen LogP) is 4.31. The lowest BCUT2D eigenvalue weighted by Gasteiger charge is -2.37. The van der Waals surface area contributed by atoms with E-state index in [9.17, 15) is 18.0 Å². The molecule has 0 N–H and O–H groups in total. The molecule has 1 spiro atoms. The average molecular weight is 553 g/mol. The summed E-state index contributed by atoms with van der Waals surface area (Å²) in [5.74, 6) is -1.33. The van der Waals surface area contributed by atoms with Crippen LogP contribution in [0.1, 0.15) is 39.1 Å². The maximum Gasteiger partial charge on any atom is 0.259 e. The average Bonchev–Trinajstić information content (AvgIpc) is 3.36. The molecule has 0 aromatic heterocycles. The summed E-state index contributed by atoms with van der Waals surface area (Å²) in [6.07, 6.45) is 1.12. The minimum absolute atomic E-state index is 0.0280.